The topological polar surface area (TPSA) is 146 Å². The van der Waals surface area contributed by atoms with Crippen LogP contribution < -0.4 is 16.4 Å². The first-order valence-corrected chi connectivity index (χ1v) is 14.3. The Bertz CT molecular complexity index is 1840. The van der Waals surface area contributed by atoms with Gasteiger partial charge in [0, 0.05) is 37.5 Å². The third kappa shape index (κ3) is 8.32. The van der Waals surface area contributed by atoms with Gasteiger partial charge < -0.3 is 26.0 Å². The molecule has 0 radical (unpaired) electrons. The second-order valence-corrected chi connectivity index (χ2v) is 10.1. The van der Waals surface area contributed by atoms with Crippen LogP contribution in [0.4, 0.5) is 5.82 Å². The van der Waals surface area contributed by atoms with Crippen LogP contribution in [0, 0.1) is 25.0 Å². The molecule has 0 fully saturated rings. The number of nitrogen functional groups attached to an aromatic ring is 1. The number of hydrogen-bond donors (Lipinski definition) is 4. The molecule has 2 aromatic heterocycles. The number of aromatic nitrogens is 3. The normalized spacial score (nSPS) is 10.7. The lowest BCUT2D eigenvalue weighted by Gasteiger charge is -2.10. The van der Waals surface area contributed by atoms with Crippen molar-refractivity contribution in [2.45, 2.75) is 33.0 Å². The number of nitrogens with two attached hydrogens (primary N) is 1. The Kier molecular flexibility index (Phi) is 11.4. The third-order valence-electron chi connectivity index (χ3n) is 6.93. The number of aliphatic hydroxyl groups is 1. The Labute approximate surface area is 262 Å². The summed E-state index contributed by atoms with van der Waals surface area (Å²) in [6.07, 6.45) is 5.30. The van der Waals surface area contributed by atoms with Crippen molar-refractivity contribution in [3.63, 3.8) is 0 Å². The summed E-state index contributed by atoms with van der Waals surface area (Å²) in [4.78, 5) is 25.1. The number of anilines is 1. The van der Waals surface area contributed by atoms with E-state index in [-0.39, 0.29) is 12.3 Å². The van der Waals surface area contributed by atoms with Crippen molar-refractivity contribution in [1.29, 1.82) is 5.26 Å². The quantitative estimate of drug-likeness (QED) is 0.0747. The van der Waals surface area contributed by atoms with Gasteiger partial charge in [-0.1, -0.05) is 90.5 Å². The second kappa shape index (κ2) is 16.0. The molecule has 0 aliphatic heterocycles. The monoisotopic (exact) mass is 598 g/mol. The van der Waals surface area contributed by atoms with Crippen LogP contribution in [0.1, 0.15) is 28.8 Å². The van der Waals surface area contributed by atoms with Crippen molar-refractivity contribution in [1.82, 2.24) is 25.2 Å². The Balaban J connectivity index is 0.000000392. The lowest BCUT2D eigenvalue weighted by Crippen LogP contribution is -2.23. The maximum Gasteiger partial charge on any atom is 0.252 e. The van der Waals surface area contributed by atoms with Crippen LogP contribution in [-0.4, -0.2) is 32.2 Å². The summed E-state index contributed by atoms with van der Waals surface area (Å²) in [5, 5.41) is 23.7. The number of nitrogens with one attached hydrogen (secondary N) is 2. The van der Waals surface area contributed by atoms with Gasteiger partial charge in [0.1, 0.15) is 17.8 Å². The van der Waals surface area contributed by atoms with Crippen molar-refractivity contribution in [2.24, 2.45) is 0 Å². The van der Waals surface area contributed by atoms with Gasteiger partial charge in [0.2, 0.25) is 0 Å². The zero-order chi connectivity index (χ0) is 32.0. The van der Waals surface area contributed by atoms with Crippen LogP contribution >= 0.6 is 0 Å². The number of amides is 1. The molecule has 0 atom stereocenters. The summed E-state index contributed by atoms with van der Waals surface area (Å²) in [5.41, 5.74) is 12.2. The molecule has 5 aromatic rings. The van der Waals surface area contributed by atoms with E-state index in [1.54, 1.807) is 6.08 Å². The molecule has 0 unspecified atom stereocenters. The Morgan fingerprint density at radius 2 is 1.67 bits per heavy atom. The summed E-state index contributed by atoms with van der Waals surface area (Å²) in [6, 6.07) is 27.2. The number of aliphatic hydroxyl groups excluding tert-OH is 1. The average Bonchev–Trinajstić information content (AvgIpc) is 3.39. The molecule has 2 heterocycles. The van der Waals surface area contributed by atoms with E-state index in [0.717, 1.165) is 27.8 Å². The molecule has 5 rings (SSSR count). The molecule has 3 aromatic carbocycles. The predicted molar refractivity (Wildman–Crippen MR) is 176 cm³/mol. The van der Waals surface area contributed by atoms with Crippen LogP contribution in [0.5, 0.6) is 0 Å². The van der Waals surface area contributed by atoms with Crippen molar-refractivity contribution in [3.05, 3.63) is 131 Å². The van der Waals surface area contributed by atoms with E-state index in [1.165, 1.54) is 6.33 Å². The van der Waals surface area contributed by atoms with Crippen molar-refractivity contribution in [3.8, 4) is 17.3 Å². The fourth-order valence-electron chi connectivity index (χ4n) is 4.71. The minimum absolute atomic E-state index is 0.0174. The number of hydrogen-bond acceptors (Lipinski definition) is 7. The number of rotatable bonds is 10. The molecule has 1 amide bonds. The highest BCUT2D eigenvalue weighted by Crippen LogP contribution is 2.38. The van der Waals surface area contributed by atoms with Gasteiger partial charge in [-0.25, -0.2) is 14.8 Å². The standard InChI is InChI=1S/C27H26N6O2.C8H8N2/c1-18-9-11-20(12-10-18)23-22(33(13-6-14-34)26-24(23)25(28)31-17-32-26)15-21(29-2)27(35)30-16-19-7-4-3-5-8-19;9-7-10-6-8-4-2-1-3-5-8/h3-5,7-12,15,17,34H,6,13-14,16H2,1H3,(H,30,35)(H2,28,31,32);1-5,10H,6H2/b21-15-;. The minimum Gasteiger partial charge on any atom is -0.396 e. The Morgan fingerprint density at radius 1 is 1.02 bits per heavy atom. The van der Waals surface area contributed by atoms with Gasteiger partial charge in [0.05, 0.1) is 12.0 Å². The molecule has 45 heavy (non-hydrogen) atoms. The van der Waals surface area contributed by atoms with E-state index in [0.29, 0.717) is 48.6 Å². The average molecular weight is 599 g/mol. The van der Waals surface area contributed by atoms with Crippen LogP contribution in [-0.2, 0) is 24.4 Å². The molecule has 0 aliphatic rings. The van der Waals surface area contributed by atoms with E-state index >= 15 is 0 Å². The highest BCUT2D eigenvalue weighted by atomic mass is 16.3. The van der Waals surface area contributed by atoms with Gasteiger partial charge in [-0.3, -0.25) is 4.79 Å². The fourth-order valence-corrected chi connectivity index (χ4v) is 4.71. The molecule has 5 N–H and O–H groups in total. The smallest absolute Gasteiger partial charge is 0.252 e. The van der Waals surface area contributed by atoms with Crippen LogP contribution in [0.3, 0.4) is 0 Å². The van der Waals surface area contributed by atoms with Gasteiger partial charge >= 0.3 is 0 Å². The first kappa shape index (κ1) is 32.0. The van der Waals surface area contributed by atoms with Crippen molar-refractivity contribution in [2.75, 3.05) is 12.3 Å². The second-order valence-electron chi connectivity index (χ2n) is 10.1. The third-order valence-corrected chi connectivity index (χ3v) is 6.93. The molecule has 0 spiro atoms. The van der Waals surface area contributed by atoms with Crippen LogP contribution in [0.15, 0.2) is 97.0 Å². The summed E-state index contributed by atoms with van der Waals surface area (Å²) < 4.78 is 1.88. The zero-order valence-electron chi connectivity index (χ0n) is 24.9. The predicted octanol–water partition coefficient (Wildman–Crippen LogP) is 5.21. The number of fused-ring (bicyclic) bond motifs is 1. The summed E-state index contributed by atoms with van der Waals surface area (Å²) in [5.74, 6) is -0.169. The highest BCUT2D eigenvalue weighted by molar-refractivity contribution is 6.07. The zero-order valence-corrected chi connectivity index (χ0v) is 24.9. The van der Waals surface area contributed by atoms with E-state index in [1.807, 2.05) is 103 Å². The Morgan fingerprint density at radius 3 is 2.27 bits per heavy atom. The molecule has 0 bridgehead atoms. The molecule has 10 nitrogen and oxygen atoms in total. The maximum atomic E-state index is 13.0. The molecule has 226 valence electrons. The largest absolute Gasteiger partial charge is 0.396 e. The van der Waals surface area contributed by atoms with Crippen LogP contribution in [0.25, 0.3) is 33.1 Å². The van der Waals surface area contributed by atoms with E-state index in [2.05, 4.69) is 25.4 Å². The summed E-state index contributed by atoms with van der Waals surface area (Å²) >= 11 is 0. The first-order chi connectivity index (χ1) is 22.0. The fraction of sp³-hybridized carbons (Fsp3) is 0.171. The first-order valence-electron chi connectivity index (χ1n) is 14.3. The SMILES string of the molecule is N#CNCc1ccccc1.[C-]#[N+]/C(=C\c1c(-c2ccc(C)cc2)c2c(N)ncnc2n1CCCO)C(=O)NCc1ccccc1. The number of nitriles is 1. The van der Waals surface area contributed by atoms with Crippen molar-refractivity contribution < 1.29 is 9.90 Å². The van der Waals surface area contributed by atoms with Gasteiger partial charge in [-0.05, 0) is 36.1 Å². The Hall–Kier alpha value is -5.97. The number of nitrogens with zero attached hydrogens (tertiary/aromatic N) is 5. The van der Waals surface area contributed by atoms with E-state index < -0.39 is 5.91 Å². The van der Waals surface area contributed by atoms with Gasteiger partial charge in [0.15, 0.2) is 6.19 Å². The number of carbonyl (C=O) groups is 1. The lowest BCUT2D eigenvalue weighted by atomic mass is 10.0. The summed E-state index contributed by atoms with van der Waals surface area (Å²) in [7, 11) is 0. The lowest BCUT2D eigenvalue weighted by molar-refractivity contribution is -0.117. The molecule has 0 saturated carbocycles. The number of benzene rings is 3. The number of carbonyl (C=O) groups excluding carboxylic acids is 1. The molecule has 10 heteroatoms. The highest BCUT2D eigenvalue weighted by Gasteiger charge is 2.22. The molecule has 0 saturated heterocycles. The molecular weight excluding hydrogens is 564 g/mol. The molecular formula is C35H34N8O2. The van der Waals surface area contributed by atoms with Crippen LogP contribution in [0.2, 0.25) is 0 Å². The maximum absolute atomic E-state index is 13.0. The molecule has 0 aliphatic carbocycles. The van der Waals surface area contributed by atoms with Crippen molar-refractivity contribution >= 4 is 28.8 Å². The number of aryl methyl sites for hydroxylation is 2. The van der Waals surface area contributed by atoms with E-state index in [9.17, 15) is 9.90 Å². The summed E-state index contributed by atoms with van der Waals surface area (Å²) in [6.45, 7) is 11.0. The van der Waals surface area contributed by atoms with Gasteiger partial charge in [0.25, 0.3) is 11.6 Å². The van der Waals surface area contributed by atoms with Gasteiger partial charge in [-0.2, -0.15) is 5.26 Å². The van der Waals surface area contributed by atoms with E-state index in [4.69, 9.17) is 17.6 Å². The minimum atomic E-state index is -0.475. The van der Waals surface area contributed by atoms with Gasteiger partial charge in [-0.15, -0.1) is 0 Å².